The van der Waals surface area contributed by atoms with Crippen molar-refractivity contribution in [1.82, 2.24) is 4.98 Å². The number of pyridine rings is 1. The zero-order chi connectivity index (χ0) is 19.6. The maximum Gasteiger partial charge on any atom is 0.278 e. The molecule has 0 spiro atoms. The second-order valence-electron chi connectivity index (χ2n) is 6.14. The second kappa shape index (κ2) is 7.14. The molecule has 134 valence electrons. The van der Waals surface area contributed by atoms with Gasteiger partial charge >= 0.3 is 0 Å². The lowest BCUT2D eigenvalue weighted by Crippen LogP contribution is -2.08. The normalized spacial score (nSPS) is 10.3. The molecule has 0 aliphatic rings. The van der Waals surface area contributed by atoms with Gasteiger partial charge < -0.3 is 10.6 Å². The summed E-state index contributed by atoms with van der Waals surface area (Å²) in [6.07, 6.45) is 0. The highest BCUT2D eigenvalue weighted by atomic mass is 16.6. The molecule has 0 radical (unpaired) electrons. The number of rotatable bonds is 4. The lowest BCUT2D eigenvalue weighted by Gasteiger charge is -2.14. The largest absolute Gasteiger partial charge is 0.383 e. The first-order valence-electron chi connectivity index (χ1n) is 8.14. The van der Waals surface area contributed by atoms with Gasteiger partial charge in [-0.2, -0.15) is 5.26 Å². The third-order valence-electron chi connectivity index (χ3n) is 4.23. The van der Waals surface area contributed by atoms with Crippen LogP contribution >= 0.6 is 0 Å². The number of nitrogens with two attached hydrogens (primary N) is 1. The summed E-state index contributed by atoms with van der Waals surface area (Å²) in [6.45, 7) is 0. The van der Waals surface area contributed by atoms with E-state index in [4.69, 9.17) is 5.73 Å². The Balaban J connectivity index is 2.21. The fourth-order valence-corrected chi connectivity index (χ4v) is 2.84. The van der Waals surface area contributed by atoms with Gasteiger partial charge in [0, 0.05) is 31.4 Å². The molecule has 2 aromatic carbocycles. The van der Waals surface area contributed by atoms with Crippen LogP contribution < -0.4 is 10.6 Å². The van der Waals surface area contributed by atoms with Gasteiger partial charge in [0.1, 0.15) is 17.5 Å². The zero-order valence-electron chi connectivity index (χ0n) is 14.9. The van der Waals surface area contributed by atoms with E-state index < -0.39 is 4.92 Å². The third kappa shape index (κ3) is 3.41. The first kappa shape index (κ1) is 17.9. The fraction of sp³-hybridized carbons (Fsp3) is 0.100. The van der Waals surface area contributed by atoms with Gasteiger partial charge in [-0.3, -0.25) is 10.1 Å². The highest BCUT2D eigenvalue weighted by molar-refractivity contribution is 5.82. The highest BCUT2D eigenvalue weighted by Gasteiger charge is 2.19. The molecule has 27 heavy (non-hydrogen) atoms. The molecule has 3 aromatic rings. The highest BCUT2D eigenvalue weighted by Crippen LogP contribution is 2.35. The Bertz CT molecular complexity index is 1050. The summed E-state index contributed by atoms with van der Waals surface area (Å²) >= 11 is 0. The topological polar surface area (TPSA) is 109 Å². The van der Waals surface area contributed by atoms with Crippen molar-refractivity contribution in [2.24, 2.45) is 0 Å². The molecular formula is C20H17N5O2. The van der Waals surface area contributed by atoms with E-state index in [-0.39, 0.29) is 17.1 Å². The lowest BCUT2D eigenvalue weighted by atomic mass is 9.97. The maximum atomic E-state index is 11.3. The second-order valence-corrected chi connectivity index (χ2v) is 6.14. The average Bonchev–Trinajstić information content (AvgIpc) is 2.67. The summed E-state index contributed by atoms with van der Waals surface area (Å²) in [4.78, 5) is 17.1. The number of nitriles is 1. The Morgan fingerprint density at radius 1 is 1.11 bits per heavy atom. The van der Waals surface area contributed by atoms with Crippen molar-refractivity contribution in [2.75, 3.05) is 24.7 Å². The first-order valence-corrected chi connectivity index (χ1v) is 8.14. The number of aromatic nitrogens is 1. The SMILES string of the molecule is CN(C)c1ccc(-c2cc(-c3ccccc3[N+](=O)[O-])nc(N)c2C#N)cc1. The zero-order valence-corrected chi connectivity index (χ0v) is 14.9. The van der Waals surface area contributed by atoms with Crippen molar-refractivity contribution < 1.29 is 4.92 Å². The van der Waals surface area contributed by atoms with E-state index in [9.17, 15) is 15.4 Å². The Morgan fingerprint density at radius 2 is 1.78 bits per heavy atom. The summed E-state index contributed by atoms with van der Waals surface area (Å²) in [5, 5.41) is 20.9. The molecule has 1 heterocycles. The molecule has 0 amide bonds. The van der Waals surface area contributed by atoms with E-state index in [0.29, 0.717) is 16.8 Å². The predicted molar refractivity (Wildman–Crippen MR) is 105 cm³/mol. The molecule has 1 aromatic heterocycles. The van der Waals surface area contributed by atoms with Gasteiger partial charge in [0.25, 0.3) is 5.69 Å². The summed E-state index contributed by atoms with van der Waals surface area (Å²) < 4.78 is 0. The number of benzene rings is 2. The number of anilines is 2. The number of nitrogens with zero attached hydrogens (tertiary/aromatic N) is 4. The van der Waals surface area contributed by atoms with E-state index in [1.165, 1.54) is 6.07 Å². The van der Waals surface area contributed by atoms with Crippen molar-refractivity contribution in [3.63, 3.8) is 0 Å². The molecule has 0 aliphatic carbocycles. The third-order valence-corrected chi connectivity index (χ3v) is 4.23. The summed E-state index contributed by atoms with van der Waals surface area (Å²) in [5.74, 6) is 0.0415. The standard InChI is InChI=1S/C20H17N5O2/c1-24(2)14-9-7-13(8-10-14)16-11-18(23-20(22)17(16)12-21)15-5-3-4-6-19(15)25(26)27/h3-11H,1-2H3,(H2,22,23). The molecular weight excluding hydrogens is 342 g/mol. The van der Waals surface area contributed by atoms with Crippen LogP contribution in [0.2, 0.25) is 0 Å². The quantitative estimate of drug-likeness (QED) is 0.560. The van der Waals surface area contributed by atoms with Gasteiger partial charge in [0.05, 0.1) is 16.2 Å². The van der Waals surface area contributed by atoms with Crippen molar-refractivity contribution >= 4 is 17.2 Å². The van der Waals surface area contributed by atoms with Gasteiger partial charge in [-0.1, -0.05) is 24.3 Å². The Morgan fingerprint density at radius 3 is 2.37 bits per heavy atom. The molecule has 0 saturated heterocycles. The van der Waals surface area contributed by atoms with Crippen LogP contribution in [0.5, 0.6) is 0 Å². The smallest absolute Gasteiger partial charge is 0.278 e. The van der Waals surface area contributed by atoms with E-state index in [1.54, 1.807) is 24.3 Å². The van der Waals surface area contributed by atoms with Crippen LogP contribution in [0.4, 0.5) is 17.2 Å². The van der Waals surface area contributed by atoms with Crippen LogP contribution in [0.15, 0.2) is 54.6 Å². The fourth-order valence-electron chi connectivity index (χ4n) is 2.84. The van der Waals surface area contributed by atoms with Crippen molar-refractivity contribution in [3.8, 4) is 28.5 Å². The number of hydrogen-bond donors (Lipinski definition) is 1. The van der Waals surface area contributed by atoms with Crippen LogP contribution in [0.25, 0.3) is 22.4 Å². The number of para-hydroxylation sites is 1. The van der Waals surface area contributed by atoms with Gasteiger partial charge in [-0.25, -0.2) is 4.98 Å². The van der Waals surface area contributed by atoms with Crippen molar-refractivity contribution in [3.05, 3.63) is 70.3 Å². The number of nitro groups is 1. The molecule has 7 nitrogen and oxygen atoms in total. The van der Waals surface area contributed by atoms with E-state index in [1.807, 2.05) is 43.3 Å². The van der Waals surface area contributed by atoms with Crippen LogP contribution in [0, 0.1) is 21.4 Å². The van der Waals surface area contributed by atoms with Crippen molar-refractivity contribution in [1.29, 1.82) is 5.26 Å². The molecule has 0 atom stereocenters. The monoisotopic (exact) mass is 359 g/mol. The predicted octanol–water partition coefficient (Wildman–Crippen LogP) is 3.84. The van der Waals surface area contributed by atoms with Gasteiger partial charge in [0.2, 0.25) is 0 Å². The molecule has 7 heteroatoms. The summed E-state index contributed by atoms with van der Waals surface area (Å²) in [6, 6.07) is 17.7. The number of hydrogen-bond acceptors (Lipinski definition) is 6. The van der Waals surface area contributed by atoms with E-state index >= 15 is 0 Å². The van der Waals surface area contributed by atoms with Crippen LogP contribution in [0.3, 0.4) is 0 Å². The molecule has 0 saturated carbocycles. The molecule has 3 rings (SSSR count). The summed E-state index contributed by atoms with van der Waals surface area (Å²) in [5.41, 5.74) is 9.26. The lowest BCUT2D eigenvalue weighted by molar-refractivity contribution is -0.384. The first-order chi connectivity index (χ1) is 12.9. The number of nitro benzene ring substituents is 1. The number of nitrogen functional groups attached to an aromatic ring is 1. The van der Waals surface area contributed by atoms with E-state index in [0.717, 1.165) is 11.3 Å². The van der Waals surface area contributed by atoms with Crippen LogP contribution in [-0.4, -0.2) is 24.0 Å². The van der Waals surface area contributed by atoms with Crippen LogP contribution in [0.1, 0.15) is 5.56 Å². The molecule has 0 fully saturated rings. The Hall–Kier alpha value is -3.92. The Kier molecular flexibility index (Phi) is 4.73. The molecule has 0 aliphatic heterocycles. The Labute approximate surface area is 156 Å². The van der Waals surface area contributed by atoms with E-state index in [2.05, 4.69) is 11.1 Å². The minimum Gasteiger partial charge on any atom is -0.383 e. The molecule has 0 unspecified atom stereocenters. The van der Waals surface area contributed by atoms with Crippen molar-refractivity contribution in [2.45, 2.75) is 0 Å². The minimum absolute atomic E-state index is 0.0415. The summed E-state index contributed by atoms with van der Waals surface area (Å²) in [7, 11) is 3.87. The van der Waals surface area contributed by atoms with Crippen LogP contribution in [-0.2, 0) is 0 Å². The van der Waals surface area contributed by atoms with Gasteiger partial charge in [0.15, 0.2) is 0 Å². The minimum atomic E-state index is -0.461. The van der Waals surface area contributed by atoms with Gasteiger partial charge in [-0.05, 0) is 29.8 Å². The van der Waals surface area contributed by atoms with Gasteiger partial charge in [-0.15, -0.1) is 0 Å². The maximum absolute atomic E-state index is 11.3. The molecule has 0 bridgehead atoms. The average molecular weight is 359 g/mol. The molecule has 2 N–H and O–H groups in total.